The van der Waals surface area contributed by atoms with E-state index in [9.17, 15) is 9.59 Å². The van der Waals surface area contributed by atoms with Crippen molar-refractivity contribution in [3.8, 4) is 0 Å². The summed E-state index contributed by atoms with van der Waals surface area (Å²) >= 11 is 0. The molecule has 1 aromatic heterocycles. The van der Waals surface area contributed by atoms with Gasteiger partial charge in [0.15, 0.2) is 0 Å². The molecule has 2 rings (SSSR count). The Morgan fingerprint density at radius 2 is 1.86 bits per heavy atom. The van der Waals surface area contributed by atoms with Crippen LogP contribution >= 0.6 is 0 Å². The standard InChI is InChI=1S/C23H35N3O2/c1-7-8-11-26-19-10-9-18(25-21(27)14-23(4,5)6)12-17(19)13-20(26)22(28)24-15-16(2)3/h9-10,12-13,16H,7-8,11,14-15H2,1-6H3,(H,24,28)(H,25,27). The lowest BCUT2D eigenvalue weighted by Crippen LogP contribution is -2.29. The van der Waals surface area contributed by atoms with Crippen LogP contribution in [0.25, 0.3) is 10.9 Å². The summed E-state index contributed by atoms with van der Waals surface area (Å²) in [5.74, 6) is 0.369. The van der Waals surface area contributed by atoms with Gasteiger partial charge in [0.25, 0.3) is 5.91 Å². The fourth-order valence-electron chi connectivity index (χ4n) is 3.17. The second kappa shape index (κ2) is 9.26. The van der Waals surface area contributed by atoms with E-state index in [1.165, 1.54) is 0 Å². The lowest BCUT2D eigenvalue weighted by Gasteiger charge is -2.17. The van der Waals surface area contributed by atoms with E-state index >= 15 is 0 Å². The zero-order valence-corrected chi connectivity index (χ0v) is 18.2. The maximum Gasteiger partial charge on any atom is 0.267 e. The Morgan fingerprint density at radius 1 is 1.14 bits per heavy atom. The van der Waals surface area contributed by atoms with Crippen molar-refractivity contribution in [1.82, 2.24) is 9.88 Å². The molecule has 0 aliphatic carbocycles. The first-order chi connectivity index (χ1) is 13.1. The van der Waals surface area contributed by atoms with Crippen LogP contribution in [0.1, 0.15) is 71.3 Å². The van der Waals surface area contributed by atoms with Crippen molar-refractivity contribution in [3.63, 3.8) is 0 Å². The molecule has 0 fully saturated rings. The SMILES string of the molecule is CCCCn1c(C(=O)NCC(C)C)cc2cc(NC(=O)CC(C)(C)C)ccc21. The molecule has 5 heteroatoms. The Balaban J connectivity index is 2.31. The number of anilines is 1. The summed E-state index contributed by atoms with van der Waals surface area (Å²) in [6.07, 6.45) is 2.54. The summed E-state index contributed by atoms with van der Waals surface area (Å²) in [5, 5.41) is 6.97. The molecular weight excluding hydrogens is 350 g/mol. The molecule has 0 saturated carbocycles. The highest BCUT2D eigenvalue weighted by atomic mass is 16.2. The number of rotatable bonds is 8. The van der Waals surface area contributed by atoms with Crippen molar-refractivity contribution in [3.05, 3.63) is 30.0 Å². The van der Waals surface area contributed by atoms with Gasteiger partial charge in [0.05, 0.1) is 0 Å². The molecule has 0 bridgehead atoms. The predicted molar refractivity (Wildman–Crippen MR) is 117 cm³/mol. The molecule has 0 aliphatic heterocycles. The first kappa shape index (κ1) is 22.0. The average molecular weight is 386 g/mol. The lowest BCUT2D eigenvalue weighted by molar-refractivity contribution is -0.117. The van der Waals surface area contributed by atoms with Crippen molar-refractivity contribution in [2.45, 2.75) is 67.3 Å². The second-order valence-electron chi connectivity index (χ2n) is 9.20. The van der Waals surface area contributed by atoms with Crippen molar-refractivity contribution >= 4 is 28.4 Å². The third kappa shape index (κ3) is 6.11. The Bertz CT molecular complexity index is 828. The van der Waals surface area contributed by atoms with Gasteiger partial charge in [-0.05, 0) is 42.0 Å². The topological polar surface area (TPSA) is 63.1 Å². The zero-order valence-electron chi connectivity index (χ0n) is 18.2. The number of unbranched alkanes of at least 4 members (excludes halogenated alkanes) is 1. The predicted octanol–water partition coefficient (Wildman–Crippen LogP) is 5.20. The summed E-state index contributed by atoms with van der Waals surface area (Å²) in [6.45, 7) is 13.9. The fourth-order valence-corrected chi connectivity index (χ4v) is 3.17. The number of carbonyl (C=O) groups excluding carboxylic acids is 2. The average Bonchev–Trinajstić information content (AvgIpc) is 2.93. The number of carbonyl (C=O) groups is 2. The van der Waals surface area contributed by atoms with Gasteiger partial charge in [0.1, 0.15) is 5.69 Å². The molecule has 5 nitrogen and oxygen atoms in total. The van der Waals surface area contributed by atoms with Crippen LogP contribution < -0.4 is 10.6 Å². The number of aryl methyl sites for hydroxylation is 1. The van der Waals surface area contributed by atoms with Crippen LogP contribution in [-0.4, -0.2) is 22.9 Å². The summed E-state index contributed by atoms with van der Waals surface area (Å²) in [5.41, 5.74) is 2.42. The molecule has 154 valence electrons. The molecule has 28 heavy (non-hydrogen) atoms. The first-order valence-electron chi connectivity index (χ1n) is 10.3. The zero-order chi connectivity index (χ0) is 20.9. The Morgan fingerprint density at radius 3 is 2.46 bits per heavy atom. The number of hydrogen-bond acceptors (Lipinski definition) is 2. The summed E-state index contributed by atoms with van der Waals surface area (Å²) in [6, 6.07) is 7.80. The third-order valence-electron chi connectivity index (χ3n) is 4.51. The molecule has 0 aliphatic rings. The van der Waals surface area contributed by atoms with Gasteiger partial charge in [-0.25, -0.2) is 0 Å². The van der Waals surface area contributed by atoms with Crippen molar-refractivity contribution in [2.24, 2.45) is 11.3 Å². The number of nitrogens with one attached hydrogen (secondary N) is 2. The van der Waals surface area contributed by atoms with Gasteiger partial charge in [0.2, 0.25) is 5.91 Å². The molecule has 0 atom stereocenters. The van der Waals surface area contributed by atoms with Gasteiger partial charge in [0, 0.05) is 36.1 Å². The van der Waals surface area contributed by atoms with E-state index in [1.54, 1.807) is 0 Å². The molecular formula is C23H35N3O2. The Labute approximate surface area is 168 Å². The number of hydrogen-bond donors (Lipinski definition) is 2. The molecule has 0 spiro atoms. The van der Waals surface area contributed by atoms with Gasteiger partial charge in [-0.3, -0.25) is 9.59 Å². The molecule has 0 saturated heterocycles. The minimum Gasteiger partial charge on any atom is -0.351 e. The molecule has 0 radical (unpaired) electrons. The van der Waals surface area contributed by atoms with E-state index in [-0.39, 0.29) is 17.2 Å². The molecule has 2 aromatic rings. The van der Waals surface area contributed by atoms with Gasteiger partial charge in [-0.2, -0.15) is 0 Å². The number of benzene rings is 1. The van der Waals surface area contributed by atoms with Crippen LogP contribution in [0, 0.1) is 11.3 Å². The highest BCUT2D eigenvalue weighted by Crippen LogP contribution is 2.26. The second-order valence-corrected chi connectivity index (χ2v) is 9.20. The van der Waals surface area contributed by atoms with Crippen LogP contribution in [0.2, 0.25) is 0 Å². The first-order valence-corrected chi connectivity index (χ1v) is 10.3. The maximum absolute atomic E-state index is 12.7. The fraction of sp³-hybridized carbons (Fsp3) is 0.565. The summed E-state index contributed by atoms with van der Waals surface area (Å²) < 4.78 is 2.09. The van der Waals surface area contributed by atoms with Crippen LogP contribution in [0.3, 0.4) is 0 Å². The van der Waals surface area contributed by atoms with Crippen LogP contribution in [0.4, 0.5) is 5.69 Å². The molecule has 2 N–H and O–H groups in total. The number of amides is 2. The maximum atomic E-state index is 12.7. The van der Waals surface area contributed by atoms with Crippen molar-refractivity contribution in [2.75, 3.05) is 11.9 Å². The molecule has 0 unspecified atom stereocenters. The van der Waals surface area contributed by atoms with Crippen LogP contribution in [-0.2, 0) is 11.3 Å². The van der Waals surface area contributed by atoms with E-state index in [4.69, 9.17) is 0 Å². The van der Waals surface area contributed by atoms with Gasteiger partial charge in [-0.1, -0.05) is 48.0 Å². The van der Waals surface area contributed by atoms with E-state index in [0.717, 1.165) is 36.0 Å². The quantitative estimate of drug-likeness (QED) is 0.656. The highest BCUT2D eigenvalue weighted by molar-refractivity contribution is 6.00. The third-order valence-corrected chi connectivity index (χ3v) is 4.51. The van der Waals surface area contributed by atoms with E-state index in [2.05, 4.69) is 36.0 Å². The minimum absolute atomic E-state index is 0.00663. The Hall–Kier alpha value is -2.30. The number of fused-ring (bicyclic) bond motifs is 1. The van der Waals surface area contributed by atoms with E-state index < -0.39 is 0 Å². The highest BCUT2D eigenvalue weighted by Gasteiger charge is 2.18. The van der Waals surface area contributed by atoms with Gasteiger partial charge in [-0.15, -0.1) is 0 Å². The monoisotopic (exact) mass is 385 g/mol. The number of nitrogens with zero attached hydrogens (tertiary/aromatic N) is 1. The van der Waals surface area contributed by atoms with Gasteiger partial charge >= 0.3 is 0 Å². The summed E-state index contributed by atoms with van der Waals surface area (Å²) in [7, 11) is 0. The van der Waals surface area contributed by atoms with Crippen molar-refractivity contribution < 1.29 is 9.59 Å². The number of aromatic nitrogens is 1. The molecule has 1 aromatic carbocycles. The van der Waals surface area contributed by atoms with E-state index in [1.807, 2.05) is 45.0 Å². The molecule has 2 amide bonds. The molecule has 1 heterocycles. The normalized spacial score (nSPS) is 11.8. The van der Waals surface area contributed by atoms with E-state index in [0.29, 0.717) is 24.6 Å². The van der Waals surface area contributed by atoms with Gasteiger partial charge < -0.3 is 15.2 Å². The lowest BCUT2D eigenvalue weighted by atomic mass is 9.92. The Kier molecular flexibility index (Phi) is 7.28. The summed E-state index contributed by atoms with van der Waals surface area (Å²) in [4.78, 5) is 25.0. The van der Waals surface area contributed by atoms with Crippen LogP contribution in [0.15, 0.2) is 24.3 Å². The largest absolute Gasteiger partial charge is 0.351 e. The smallest absolute Gasteiger partial charge is 0.267 e. The van der Waals surface area contributed by atoms with Crippen molar-refractivity contribution in [1.29, 1.82) is 0 Å². The van der Waals surface area contributed by atoms with Crippen LogP contribution in [0.5, 0.6) is 0 Å². The minimum atomic E-state index is -0.0562.